The number of rotatable bonds is 3. The number of piperazine rings is 1. The maximum atomic E-state index is 6.18. The molecule has 2 aliphatic rings. The van der Waals surface area contributed by atoms with Crippen LogP contribution in [-0.4, -0.2) is 67.1 Å². The molecule has 0 unspecified atom stereocenters. The summed E-state index contributed by atoms with van der Waals surface area (Å²) >= 11 is 0. The quantitative estimate of drug-likeness (QED) is 0.670. The molecule has 1 aromatic rings. The van der Waals surface area contributed by atoms with Gasteiger partial charge in [0.25, 0.3) is 0 Å². The van der Waals surface area contributed by atoms with Crippen molar-refractivity contribution >= 4 is 11.8 Å². The first kappa shape index (κ1) is 17.0. The number of hydrogen-bond donors (Lipinski definition) is 1. The molecule has 0 spiro atoms. The lowest BCUT2D eigenvalue weighted by Crippen LogP contribution is -2.44. The Morgan fingerprint density at radius 3 is 2.62 bits per heavy atom. The van der Waals surface area contributed by atoms with E-state index in [4.69, 9.17) is 5.73 Å². The van der Waals surface area contributed by atoms with Gasteiger partial charge < -0.3 is 20.4 Å². The molecular weight excluding hydrogens is 300 g/mol. The van der Waals surface area contributed by atoms with Gasteiger partial charge in [0.1, 0.15) is 5.82 Å². The summed E-state index contributed by atoms with van der Waals surface area (Å²) in [7, 11) is 2.17. The Morgan fingerprint density at radius 2 is 1.92 bits per heavy atom. The van der Waals surface area contributed by atoms with Crippen molar-refractivity contribution < 1.29 is 0 Å². The van der Waals surface area contributed by atoms with Gasteiger partial charge in [-0.3, -0.25) is 0 Å². The van der Waals surface area contributed by atoms with Crippen LogP contribution < -0.4 is 10.6 Å². The number of guanidine groups is 1. The second kappa shape index (κ2) is 7.83. The summed E-state index contributed by atoms with van der Waals surface area (Å²) in [6, 6.07) is 4.19. The van der Waals surface area contributed by atoms with Crippen LogP contribution in [0.25, 0.3) is 0 Å². The van der Waals surface area contributed by atoms with E-state index in [1.165, 1.54) is 18.4 Å². The summed E-state index contributed by atoms with van der Waals surface area (Å²) in [5.41, 5.74) is 7.36. The van der Waals surface area contributed by atoms with Gasteiger partial charge in [0, 0.05) is 45.5 Å². The van der Waals surface area contributed by atoms with Gasteiger partial charge in [-0.15, -0.1) is 0 Å². The van der Waals surface area contributed by atoms with Crippen molar-refractivity contribution in [3.05, 3.63) is 23.9 Å². The van der Waals surface area contributed by atoms with Crippen molar-refractivity contribution in [1.82, 2.24) is 14.8 Å². The molecule has 6 nitrogen and oxygen atoms in total. The van der Waals surface area contributed by atoms with Gasteiger partial charge in [-0.1, -0.05) is 6.92 Å². The van der Waals surface area contributed by atoms with Gasteiger partial charge in [0.05, 0.1) is 6.54 Å². The van der Waals surface area contributed by atoms with Gasteiger partial charge in [0.2, 0.25) is 0 Å². The van der Waals surface area contributed by atoms with E-state index in [1.807, 2.05) is 12.3 Å². The molecule has 0 saturated carbocycles. The van der Waals surface area contributed by atoms with E-state index in [-0.39, 0.29) is 0 Å². The number of pyridine rings is 1. The molecular formula is C18H30N6. The van der Waals surface area contributed by atoms with Crippen molar-refractivity contribution in [2.45, 2.75) is 26.3 Å². The second-order valence-corrected chi connectivity index (χ2v) is 7.16. The fourth-order valence-corrected chi connectivity index (χ4v) is 3.28. The van der Waals surface area contributed by atoms with E-state index in [2.05, 4.69) is 44.7 Å². The highest BCUT2D eigenvalue weighted by atomic mass is 15.3. The van der Waals surface area contributed by atoms with Gasteiger partial charge in [-0.2, -0.15) is 0 Å². The van der Waals surface area contributed by atoms with E-state index < -0.39 is 0 Å². The SMILES string of the molecule is CC1CCN(C(N)=NCc2ccnc(N3CCN(C)CC3)c2)CC1. The summed E-state index contributed by atoms with van der Waals surface area (Å²) in [5, 5.41) is 0. The van der Waals surface area contributed by atoms with Crippen LogP contribution in [0.5, 0.6) is 0 Å². The topological polar surface area (TPSA) is 61.0 Å². The maximum Gasteiger partial charge on any atom is 0.191 e. The molecule has 1 aromatic heterocycles. The maximum absolute atomic E-state index is 6.18. The minimum Gasteiger partial charge on any atom is -0.370 e. The van der Waals surface area contributed by atoms with Crippen molar-refractivity contribution in [3.8, 4) is 0 Å². The average molecular weight is 330 g/mol. The van der Waals surface area contributed by atoms with Crippen LogP contribution in [0.4, 0.5) is 5.82 Å². The van der Waals surface area contributed by atoms with Crippen molar-refractivity contribution in [3.63, 3.8) is 0 Å². The predicted molar refractivity (Wildman–Crippen MR) is 99.2 cm³/mol. The molecule has 2 N–H and O–H groups in total. The molecule has 2 aliphatic heterocycles. The van der Waals surface area contributed by atoms with Crippen molar-refractivity contribution in [1.29, 1.82) is 0 Å². The first-order valence-electron chi connectivity index (χ1n) is 9.05. The number of aliphatic imine (C=N–C) groups is 1. The monoisotopic (exact) mass is 330 g/mol. The first-order chi connectivity index (χ1) is 11.6. The zero-order valence-corrected chi connectivity index (χ0v) is 15.0. The van der Waals surface area contributed by atoms with Crippen LogP contribution in [0.15, 0.2) is 23.3 Å². The van der Waals surface area contributed by atoms with E-state index in [0.717, 1.165) is 51.0 Å². The zero-order valence-electron chi connectivity index (χ0n) is 15.0. The Labute approximate surface area is 145 Å². The second-order valence-electron chi connectivity index (χ2n) is 7.16. The lowest BCUT2D eigenvalue weighted by Gasteiger charge is -2.33. The molecule has 0 bridgehead atoms. The normalized spacial score (nSPS) is 21.3. The molecule has 2 saturated heterocycles. The molecule has 2 fully saturated rings. The van der Waals surface area contributed by atoms with Crippen molar-refractivity contribution in [2.75, 3.05) is 51.2 Å². The van der Waals surface area contributed by atoms with Crippen LogP contribution in [0.1, 0.15) is 25.3 Å². The number of likely N-dealkylation sites (tertiary alicyclic amines) is 1. The number of nitrogens with two attached hydrogens (primary N) is 1. The molecule has 132 valence electrons. The molecule has 6 heteroatoms. The molecule has 3 rings (SSSR count). The number of aromatic nitrogens is 1. The van der Waals surface area contributed by atoms with Crippen LogP contribution >= 0.6 is 0 Å². The fourth-order valence-electron chi connectivity index (χ4n) is 3.28. The van der Waals surface area contributed by atoms with Gasteiger partial charge in [-0.25, -0.2) is 9.98 Å². The number of likely N-dealkylation sites (N-methyl/N-ethyl adjacent to an activating group) is 1. The van der Waals surface area contributed by atoms with Crippen molar-refractivity contribution in [2.24, 2.45) is 16.6 Å². The lowest BCUT2D eigenvalue weighted by atomic mass is 10.00. The molecule has 0 aliphatic carbocycles. The largest absolute Gasteiger partial charge is 0.370 e. The molecule has 0 amide bonds. The third kappa shape index (κ3) is 4.38. The molecule has 0 radical (unpaired) electrons. The Bertz CT molecular complexity index is 556. The Kier molecular flexibility index (Phi) is 5.56. The highest BCUT2D eigenvalue weighted by Crippen LogP contribution is 2.17. The van der Waals surface area contributed by atoms with Crippen LogP contribution in [0.2, 0.25) is 0 Å². The van der Waals surface area contributed by atoms with Crippen LogP contribution in [-0.2, 0) is 6.54 Å². The minimum absolute atomic E-state index is 0.626. The highest BCUT2D eigenvalue weighted by Gasteiger charge is 2.17. The Balaban J connectivity index is 1.59. The van der Waals surface area contributed by atoms with E-state index in [0.29, 0.717) is 12.5 Å². The third-order valence-corrected chi connectivity index (χ3v) is 5.17. The van der Waals surface area contributed by atoms with Gasteiger partial charge in [-0.05, 0) is 43.5 Å². The Morgan fingerprint density at radius 1 is 1.21 bits per heavy atom. The molecule has 24 heavy (non-hydrogen) atoms. The van der Waals surface area contributed by atoms with Gasteiger partial charge >= 0.3 is 0 Å². The van der Waals surface area contributed by atoms with Crippen LogP contribution in [0, 0.1) is 5.92 Å². The van der Waals surface area contributed by atoms with Crippen LogP contribution in [0.3, 0.4) is 0 Å². The first-order valence-corrected chi connectivity index (χ1v) is 9.05. The number of nitrogens with zero attached hydrogens (tertiary/aromatic N) is 5. The van der Waals surface area contributed by atoms with Gasteiger partial charge in [0.15, 0.2) is 5.96 Å². The zero-order chi connectivity index (χ0) is 16.9. The predicted octanol–water partition coefficient (Wildman–Crippen LogP) is 1.38. The summed E-state index contributed by atoms with van der Waals surface area (Å²) in [4.78, 5) is 16.1. The molecule has 0 aromatic carbocycles. The summed E-state index contributed by atoms with van der Waals surface area (Å²) in [6.07, 6.45) is 4.30. The van der Waals surface area contributed by atoms with E-state index >= 15 is 0 Å². The molecule has 3 heterocycles. The summed E-state index contributed by atoms with van der Waals surface area (Å²) in [6.45, 7) is 9.23. The minimum atomic E-state index is 0.626. The smallest absolute Gasteiger partial charge is 0.191 e. The number of anilines is 1. The number of hydrogen-bond acceptors (Lipinski definition) is 4. The van der Waals surface area contributed by atoms with E-state index in [1.54, 1.807) is 0 Å². The standard InChI is InChI=1S/C18H30N6/c1-15-4-7-24(8-5-15)18(19)21-14-16-3-6-20-17(13-16)23-11-9-22(2)10-12-23/h3,6,13,15H,4-5,7-12,14H2,1-2H3,(H2,19,21). The highest BCUT2D eigenvalue weighted by molar-refractivity contribution is 5.78. The third-order valence-electron chi connectivity index (χ3n) is 5.17. The lowest BCUT2D eigenvalue weighted by molar-refractivity contribution is 0.277. The molecule has 0 atom stereocenters. The number of piperidine rings is 1. The average Bonchev–Trinajstić information content (AvgIpc) is 2.61. The fraction of sp³-hybridized carbons (Fsp3) is 0.667. The van der Waals surface area contributed by atoms with E-state index in [9.17, 15) is 0 Å². The Hall–Kier alpha value is -1.82. The summed E-state index contributed by atoms with van der Waals surface area (Å²) < 4.78 is 0. The summed E-state index contributed by atoms with van der Waals surface area (Å²) in [5.74, 6) is 2.54.